The molecule has 0 aromatic rings. The van der Waals surface area contributed by atoms with Gasteiger partial charge in [0.05, 0.1) is 0 Å². The van der Waals surface area contributed by atoms with Crippen molar-refractivity contribution in [2.24, 2.45) is 17.8 Å². The first kappa shape index (κ1) is 10.2. The van der Waals surface area contributed by atoms with Gasteiger partial charge in [0.15, 0.2) is 0 Å². The van der Waals surface area contributed by atoms with E-state index in [0.717, 1.165) is 32.8 Å². The molecule has 82 valence electrons. The van der Waals surface area contributed by atoms with Gasteiger partial charge in [-0.05, 0) is 70.0 Å². The summed E-state index contributed by atoms with van der Waals surface area (Å²) >= 11 is 0. The minimum atomic E-state index is 0.705. The van der Waals surface area contributed by atoms with Crippen LogP contribution in [0.15, 0.2) is 0 Å². The molecule has 4 aliphatic rings. The highest BCUT2D eigenvalue weighted by Crippen LogP contribution is 2.62. The SMILES string of the molecule is CCC#CPC12CC3CC(CC(C3)C1)C2. The molecule has 0 heterocycles. The lowest BCUT2D eigenvalue weighted by atomic mass is 9.56. The molecular weight excluding hydrogens is 199 g/mol. The third-order valence-corrected chi connectivity index (χ3v) is 6.08. The second-order valence-corrected chi connectivity index (χ2v) is 7.54. The van der Waals surface area contributed by atoms with Crippen molar-refractivity contribution < 1.29 is 0 Å². The summed E-state index contributed by atoms with van der Waals surface area (Å²) in [6, 6.07) is 0. The van der Waals surface area contributed by atoms with Crippen LogP contribution in [0.4, 0.5) is 0 Å². The van der Waals surface area contributed by atoms with Crippen molar-refractivity contribution in [3.63, 3.8) is 0 Å². The van der Waals surface area contributed by atoms with Crippen molar-refractivity contribution in [3.8, 4) is 11.6 Å². The fourth-order valence-electron chi connectivity index (χ4n) is 4.53. The van der Waals surface area contributed by atoms with Crippen molar-refractivity contribution in [2.45, 2.75) is 57.0 Å². The maximum absolute atomic E-state index is 3.47. The molecule has 0 saturated heterocycles. The van der Waals surface area contributed by atoms with E-state index in [-0.39, 0.29) is 0 Å². The lowest BCUT2D eigenvalue weighted by Crippen LogP contribution is -2.47. The van der Waals surface area contributed by atoms with E-state index in [9.17, 15) is 0 Å². The van der Waals surface area contributed by atoms with Crippen molar-refractivity contribution >= 4 is 8.58 Å². The molecule has 0 amide bonds. The summed E-state index contributed by atoms with van der Waals surface area (Å²) in [4.78, 5) is 0. The van der Waals surface area contributed by atoms with Gasteiger partial charge < -0.3 is 0 Å². The maximum Gasteiger partial charge on any atom is 0.00636 e. The zero-order valence-electron chi connectivity index (χ0n) is 9.68. The molecule has 15 heavy (non-hydrogen) atoms. The Hall–Kier alpha value is -0.0100. The Morgan fingerprint density at radius 3 is 2.07 bits per heavy atom. The largest absolute Gasteiger partial charge is 0.0992 e. The highest BCUT2D eigenvalue weighted by Gasteiger charge is 2.50. The van der Waals surface area contributed by atoms with E-state index in [2.05, 4.69) is 18.5 Å². The quantitative estimate of drug-likeness (QED) is 0.463. The molecule has 4 fully saturated rings. The molecule has 4 saturated carbocycles. The van der Waals surface area contributed by atoms with E-state index in [4.69, 9.17) is 0 Å². The molecule has 0 N–H and O–H groups in total. The van der Waals surface area contributed by atoms with Crippen LogP contribution in [0.5, 0.6) is 0 Å². The average molecular weight is 220 g/mol. The monoisotopic (exact) mass is 220 g/mol. The molecule has 1 unspecified atom stereocenters. The van der Waals surface area contributed by atoms with E-state index in [0.29, 0.717) is 5.16 Å². The molecule has 4 bridgehead atoms. The minimum absolute atomic E-state index is 0.705. The van der Waals surface area contributed by atoms with Crippen LogP contribution in [0.3, 0.4) is 0 Å². The van der Waals surface area contributed by atoms with Crippen molar-refractivity contribution in [1.29, 1.82) is 0 Å². The lowest BCUT2D eigenvalue weighted by molar-refractivity contribution is 0.0372. The number of hydrogen-bond donors (Lipinski definition) is 0. The predicted molar refractivity (Wildman–Crippen MR) is 67.3 cm³/mol. The molecule has 0 aliphatic heterocycles. The Bertz CT molecular complexity index is 272. The minimum Gasteiger partial charge on any atom is -0.0992 e. The van der Waals surface area contributed by atoms with Crippen LogP contribution >= 0.6 is 8.58 Å². The zero-order valence-corrected chi connectivity index (χ0v) is 10.7. The van der Waals surface area contributed by atoms with Gasteiger partial charge in [0, 0.05) is 6.42 Å². The van der Waals surface area contributed by atoms with Gasteiger partial charge in [-0.15, -0.1) is 0 Å². The van der Waals surface area contributed by atoms with Crippen molar-refractivity contribution in [1.82, 2.24) is 0 Å². The first-order chi connectivity index (χ1) is 7.30. The smallest absolute Gasteiger partial charge is 0.00636 e. The molecule has 0 aromatic heterocycles. The van der Waals surface area contributed by atoms with E-state index in [1.807, 2.05) is 0 Å². The van der Waals surface area contributed by atoms with Gasteiger partial charge in [0.1, 0.15) is 0 Å². The third-order valence-electron chi connectivity index (χ3n) is 4.63. The van der Waals surface area contributed by atoms with Gasteiger partial charge in [0.25, 0.3) is 0 Å². The summed E-state index contributed by atoms with van der Waals surface area (Å²) in [5.74, 6) is 6.56. The summed E-state index contributed by atoms with van der Waals surface area (Å²) in [6.07, 6.45) is 10.3. The van der Waals surface area contributed by atoms with Crippen LogP contribution in [0.25, 0.3) is 0 Å². The lowest BCUT2D eigenvalue weighted by Gasteiger charge is -2.56. The molecule has 0 nitrogen and oxygen atoms in total. The van der Waals surface area contributed by atoms with Crippen LogP contribution in [0.2, 0.25) is 0 Å². The van der Waals surface area contributed by atoms with Gasteiger partial charge in [-0.25, -0.2) is 0 Å². The Balaban J connectivity index is 1.75. The predicted octanol–water partition coefficient (Wildman–Crippen LogP) is 4.00. The number of rotatable bonds is 1. The van der Waals surface area contributed by atoms with Crippen LogP contribution in [-0.2, 0) is 0 Å². The molecular formula is C14H21P. The summed E-state index contributed by atoms with van der Waals surface area (Å²) in [5, 5.41) is 0.705. The van der Waals surface area contributed by atoms with E-state index in [1.165, 1.54) is 19.3 Å². The normalized spacial score (nSPS) is 47.1. The summed E-state index contributed by atoms with van der Waals surface area (Å²) in [5.41, 5.74) is 3.47. The van der Waals surface area contributed by atoms with Crippen molar-refractivity contribution in [2.75, 3.05) is 0 Å². The summed E-state index contributed by atoms with van der Waals surface area (Å²) < 4.78 is 0. The third kappa shape index (κ3) is 1.85. The van der Waals surface area contributed by atoms with E-state index < -0.39 is 0 Å². The summed E-state index contributed by atoms with van der Waals surface area (Å²) in [6.45, 7) is 2.16. The van der Waals surface area contributed by atoms with Crippen LogP contribution < -0.4 is 0 Å². The highest BCUT2D eigenvalue weighted by atomic mass is 31.1. The van der Waals surface area contributed by atoms with Crippen LogP contribution in [0.1, 0.15) is 51.9 Å². The molecule has 0 spiro atoms. The Morgan fingerprint density at radius 1 is 1.07 bits per heavy atom. The highest BCUT2D eigenvalue weighted by molar-refractivity contribution is 7.45. The molecule has 1 atom stereocenters. The molecule has 1 heteroatoms. The Morgan fingerprint density at radius 2 is 1.60 bits per heavy atom. The van der Waals surface area contributed by atoms with Gasteiger partial charge in [-0.1, -0.05) is 18.5 Å². The van der Waals surface area contributed by atoms with Gasteiger partial charge >= 0.3 is 0 Å². The fraction of sp³-hybridized carbons (Fsp3) is 0.857. The maximum atomic E-state index is 3.47. The second-order valence-electron chi connectivity index (χ2n) is 5.98. The second kappa shape index (κ2) is 3.78. The standard InChI is InChI=1S/C14H21P/c1-2-3-4-15-14-8-11-5-12(9-14)7-13(6-11)10-14/h11-13,15H,2,5-10H2,1H3. The van der Waals surface area contributed by atoms with Crippen LogP contribution in [0, 0.1) is 29.3 Å². The van der Waals surface area contributed by atoms with E-state index in [1.54, 1.807) is 19.3 Å². The van der Waals surface area contributed by atoms with Crippen molar-refractivity contribution in [3.05, 3.63) is 0 Å². The van der Waals surface area contributed by atoms with E-state index >= 15 is 0 Å². The topological polar surface area (TPSA) is 0 Å². The molecule has 0 aromatic carbocycles. The summed E-state index contributed by atoms with van der Waals surface area (Å²) in [7, 11) is 0.951. The molecule has 4 rings (SSSR count). The molecule has 0 radical (unpaired) electrons. The molecule has 4 aliphatic carbocycles. The van der Waals surface area contributed by atoms with Gasteiger partial charge in [-0.3, -0.25) is 0 Å². The van der Waals surface area contributed by atoms with Gasteiger partial charge in [-0.2, -0.15) is 0 Å². The van der Waals surface area contributed by atoms with Gasteiger partial charge in [0.2, 0.25) is 0 Å². The zero-order chi connectivity index (χ0) is 10.3. The Kier molecular flexibility index (Phi) is 2.56. The van der Waals surface area contributed by atoms with Crippen LogP contribution in [-0.4, -0.2) is 5.16 Å². The first-order valence-corrected chi connectivity index (χ1v) is 7.55. The Labute approximate surface area is 95.4 Å². The first-order valence-electron chi connectivity index (χ1n) is 6.55. The fourth-order valence-corrected chi connectivity index (χ4v) is 6.23. The number of hydrogen-bond acceptors (Lipinski definition) is 0. The average Bonchev–Trinajstić information content (AvgIpc) is 2.15.